The predicted molar refractivity (Wildman–Crippen MR) is 119 cm³/mol. The number of benzene rings is 2. The molecule has 0 spiro atoms. The maximum atomic E-state index is 11.8. The standard InChI is InChI=1S/C22H30N4O3S/c1-23-22(25-14-18-8-10-21(11-9-18)30(27,28)24-2)26-13-12-20(15-26)17-29-16-19-6-4-3-5-7-19/h3-11,20,24H,12-17H2,1-2H3,(H,23,25). The predicted octanol–water partition coefficient (Wildman–Crippen LogP) is 2.21. The number of sulfonamides is 1. The number of hydrogen-bond donors (Lipinski definition) is 2. The van der Waals surface area contributed by atoms with Crippen LogP contribution in [-0.2, 0) is 27.9 Å². The van der Waals surface area contributed by atoms with E-state index in [1.807, 2.05) is 30.3 Å². The topological polar surface area (TPSA) is 83.0 Å². The zero-order chi connectivity index (χ0) is 21.4. The Labute approximate surface area is 179 Å². The molecule has 162 valence electrons. The third-order valence-corrected chi connectivity index (χ3v) is 6.65. The number of nitrogens with one attached hydrogen (secondary N) is 2. The second-order valence-corrected chi connectivity index (χ2v) is 9.24. The molecule has 1 unspecified atom stereocenters. The van der Waals surface area contributed by atoms with Crippen LogP contribution >= 0.6 is 0 Å². The maximum Gasteiger partial charge on any atom is 0.240 e. The number of nitrogens with zero attached hydrogens (tertiary/aromatic N) is 2. The van der Waals surface area contributed by atoms with Gasteiger partial charge < -0.3 is 15.0 Å². The van der Waals surface area contributed by atoms with Crippen LogP contribution in [0.5, 0.6) is 0 Å². The molecule has 1 fully saturated rings. The largest absolute Gasteiger partial charge is 0.376 e. The van der Waals surface area contributed by atoms with E-state index in [1.54, 1.807) is 19.2 Å². The highest BCUT2D eigenvalue weighted by atomic mass is 32.2. The Morgan fingerprint density at radius 3 is 2.53 bits per heavy atom. The Kier molecular flexibility index (Phi) is 7.84. The number of ether oxygens (including phenoxy) is 1. The molecule has 0 aromatic heterocycles. The van der Waals surface area contributed by atoms with Gasteiger partial charge in [0.25, 0.3) is 0 Å². The Hall–Kier alpha value is -2.42. The van der Waals surface area contributed by atoms with Crippen molar-refractivity contribution in [1.29, 1.82) is 0 Å². The molecule has 8 heteroatoms. The molecule has 3 rings (SSSR count). The van der Waals surface area contributed by atoms with Gasteiger partial charge in [-0.2, -0.15) is 0 Å². The molecule has 1 atom stereocenters. The fourth-order valence-corrected chi connectivity index (χ4v) is 4.23. The van der Waals surface area contributed by atoms with Gasteiger partial charge in [-0.25, -0.2) is 13.1 Å². The molecule has 1 heterocycles. The lowest BCUT2D eigenvalue weighted by Crippen LogP contribution is -2.39. The minimum absolute atomic E-state index is 0.260. The number of guanidine groups is 1. The summed E-state index contributed by atoms with van der Waals surface area (Å²) >= 11 is 0. The molecule has 0 saturated carbocycles. The van der Waals surface area contributed by atoms with Crippen molar-refractivity contribution in [3.63, 3.8) is 0 Å². The summed E-state index contributed by atoms with van der Waals surface area (Å²) in [7, 11) is -0.220. The van der Waals surface area contributed by atoms with Gasteiger partial charge in [0.2, 0.25) is 10.0 Å². The van der Waals surface area contributed by atoms with Crippen molar-refractivity contribution in [3.05, 3.63) is 65.7 Å². The molecule has 7 nitrogen and oxygen atoms in total. The first-order chi connectivity index (χ1) is 14.5. The van der Waals surface area contributed by atoms with E-state index in [2.05, 4.69) is 32.1 Å². The molecule has 0 aliphatic carbocycles. The van der Waals surface area contributed by atoms with Crippen molar-refractivity contribution in [1.82, 2.24) is 14.9 Å². The SMILES string of the molecule is CN=C(NCc1ccc(S(=O)(=O)NC)cc1)N1CCC(COCc2ccccc2)C1. The fourth-order valence-electron chi connectivity index (χ4n) is 3.50. The molecular formula is C22H30N4O3S. The van der Waals surface area contributed by atoms with Crippen LogP contribution in [0.4, 0.5) is 0 Å². The molecule has 1 aliphatic rings. The highest BCUT2D eigenvalue weighted by Crippen LogP contribution is 2.18. The normalized spacial score (nSPS) is 17.3. The first-order valence-corrected chi connectivity index (χ1v) is 11.6. The molecule has 1 saturated heterocycles. The number of hydrogen-bond acceptors (Lipinski definition) is 4. The number of rotatable bonds is 8. The monoisotopic (exact) mass is 430 g/mol. The molecule has 2 aromatic carbocycles. The van der Waals surface area contributed by atoms with E-state index < -0.39 is 10.0 Å². The first-order valence-electron chi connectivity index (χ1n) is 10.1. The molecule has 0 radical (unpaired) electrons. The summed E-state index contributed by atoms with van der Waals surface area (Å²) in [4.78, 5) is 6.91. The van der Waals surface area contributed by atoms with E-state index >= 15 is 0 Å². The van der Waals surface area contributed by atoms with Crippen LogP contribution < -0.4 is 10.0 Å². The van der Waals surface area contributed by atoms with Gasteiger partial charge in [0, 0.05) is 32.6 Å². The molecule has 0 bridgehead atoms. The van der Waals surface area contributed by atoms with Crippen molar-refractivity contribution < 1.29 is 13.2 Å². The summed E-state index contributed by atoms with van der Waals surface area (Å²) < 4.78 is 31.9. The average molecular weight is 431 g/mol. The van der Waals surface area contributed by atoms with Crippen molar-refractivity contribution >= 4 is 16.0 Å². The molecule has 0 amide bonds. The number of likely N-dealkylation sites (tertiary alicyclic amines) is 1. The number of aliphatic imine (C=N–C) groups is 1. The minimum Gasteiger partial charge on any atom is -0.376 e. The summed E-state index contributed by atoms with van der Waals surface area (Å²) in [6, 6.07) is 17.1. The second-order valence-electron chi connectivity index (χ2n) is 7.35. The van der Waals surface area contributed by atoms with Crippen LogP contribution in [0.2, 0.25) is 0 Å². The third-order valence-electron chi connectivity index (χ3n) is 5.22. The van der Waals surface area contributed by atoms with Gasteiger partial charge in [-0.3, -0.25) is 4.99 Å². The summed E-state index contributed by atoms with van der Waals surface area (Å²) in [5.74, 6) is 1.34. The van der Waals surface area contributed by atoms with Crippen LogP contribution in [0, 0.1) is 5.92 Å². The minimum atomic E-state index is -3.41. The lowest BCUT2D eigenvalue weighted by atomic mass is 10.1. The molecule has 1 aliphatic heterocycles. The van der Waals surface area contributed by atoms with Crippen LogP contribution in [0.25, 0.3) is 0 Å². The summed E-state index contributed by atoms with van der Waals surface area (Å²) in [5, 5.41) is 3.37. The van der Waals surface area contributed by atoms with Gasteiger partial charge >= 0.3 is 0 Å². The van der Waals surface area contributed by atoms with Crippen LogP contribution in [0.15, 0.2) is 64.5 Å². The van der Waals surface area contributed by atoms with Gasteiger partial charge in [0.05, 0.1) is 18.1 Å². The Morgan fingerprint density at radius 2 is 1.87 bits per heavy atom. The van der Waals surface area contributed by atoms with Gasteiger partial charge in [0.1, 0.15) is 0 Å². The van der Waals surface area contributed by atoms with E-state index in [4.69, 9.17) is 4.74 Å². The van der Waals surface area contributed by atoms with Crippen LogP contribution in [0.3, 0.4) is 0 Å². The van der Waals surface area contributed by atoms with Gasteiger partial charge in [-0.15, -0.1) is 0 Å². The van der Waals surface area contributed by atoms with Crippen LogP contribution in [0.1, 0.15) is 17.5 Å². The smallest absolute Gasteiger partial charge is 0.240 e. The maximum absolute atomic E-state index is 11.8. The van der Waals surface area contributed by atoms with Gasteiger partial charge in [-0.05, 0) is 36.7 Å². The first kappa shape index (κ1) is 22.3. The third kappa shape index (κ3) is 6.04. The van der Waals surface area contributed by atoms with Crippen molar-refractivity contribution in [2.24, 2.45) is 10.9 Å². The van der Waals surface area contributed by atoms with E-state index in [1.165, 1.54) is 12.6 Å². The van der Waals surface area contributed by atoms with E-state index in [9.17, 15) is 8.42 Å². The van der Waals surface area contributed by atoms with Crippen molar-refractivity contribution in [3.8, 4) is 0 Å². The van der Waals surface area contributed by atoms with Crippen molar-refractivity contribution in [2.45, 2.75) is 24.5 Å². The van der Waals surface area contributed by atoms with E-state index in [-0.39, 0.29) is 4.90 Å². The van der Waals surface area contributed by atoms with Gasteiger partial charge in [0.15, 0.2) is 5.96 Å². The Bertz CT molecular complexity index is 931. The molecule has 2 aromatic rings. The fraction of sp³-hybridized carbons (Fsp3) is 0.409. The lowest BCUT2D eigenvalue weighted by molar-refractivity contribution is 0.0906. The second kappa shape index (κ2) is 10.6. The zero-order valence-electron chi connectivity index (χ0n) is 17.5. The van der Waals surface area contributed by atoms with Crippen LogP contribution in [-0.4, -0.2) is 53.1 Å². The molecule has 2 N–H and O–H groups in total. The zero-order valence-corrected chi connectivity index (χ0v) is 18.4. The van der Waals surface area contributed by atoms with E-state index in [0.29, 0.717) is 19.1 Å². The Balaban J connectivity index is 1.45. The quantitative estimate of drug-likeness (QED) is 0.496. The summed E-state index contributed by atoms with van der Waals surface area (Å²) in [6.45, 7) is 3.82. The highest BCUT2D eigenvalue weighted by Gasteiger charge is 2.25. The molecule has 30 heavy (non-hydrogen) atoms. The van der Waals surface area contributed by atoms with Gasteiger partial charge in [-0.1, -0.05) is 42.5 Å². The Morgan fingerprint density at radius 1 is 1.13 bits per heavy atom. The lowest BCUT2D eigenvalue weighted by Gasteiger charge is -2.22. The summed E-state index contributed by atoms with van der Waals surface area (Å²) in [5.41, 5.74) is 2.19. The van der Waals surface area contributed by atoms with Crippen molar-refractivity contribution in [2.75, 3.05) is 33.8 Å². The van der Waals surface area contributed by atoms with E-state index in [0.717, 1.165) is 37.6 Å². The average Bonchev–Trinajstić information content (AvgIpc) is 3.24. The molecular weight excluding hydrogens is 400 g/mol. The summed E-state index contributed by atoms with van der Waals surface area (Å²) in [6.07, 6.45) is 1.08. The highest BCUT2D eigenvalue weighted by molar-refractivity contribution is 7.89.